The largest absolute Gasteiger partial charge is 0.360 e. The van der Waals surface area contributed by atoms with Gasteiger partial charge in [-0.1, -0.05) is 24.6 Å². The Bertz CT molecular complexity index is 794. The summed E-state index contributed by atoms with van der Waals surface area (Å²) < 4.78 is 23.8. The van der Waals surface area contributed by atoms with E-state index in [1.807, 2.05) is 36.9 Å². The smallest absolute Gasteiger partial charge is 0.278 e. The Kier molecular flexibility index (Phi) is 6.89. The number of hydrogen-bond donors (Lipinski definition) is 1. The van der Waals surface area contributed by atoms with Crippen molar-refractivity contribution in [3.8, 4) is 0 Å². The standard InChI is InChI=1S/C20H30ClN3O3S/c1-3-16(2)24(19-7-12-28(26,27)15-19)20(25)14-22-8-10-23(11-9-22)18-6-4-5-17(21)13-18/h4-6,13,16,19H,3,7-12,14-15H2,1-2H3/p+1/t16-,19+/m0/s1. The fourth-order valence-electron chi connectivity index (χ4n) is 4.24. The van der Waals surface area contributed by atoms with Crippen molar-refractivity contribution in [2.45, 2.75) is 38.8 Å². The second kappa shape index (κ2) is 9.01. The predicted molar refractivity (Wildman–Crippen MR) is 113 cm³/mol. The van der Waals surface area contributed by atoms with Gasteiger partial charge in [0.25, 0.3) is 5.91 Å². The third kappa shape index (κ3) is 5.19. The summed E-state index contributed by atoms with van der Waals surface area (Å²) in [5.41, 5.74) is 1.12. The molecule has 2 atom stereocenters. The van der Waals surface area contributed by atoms with Gasteiger partial charge in [-0.3, -0.25) is 4.79 Å². The zero-order valence-corrected chi connectivity index (χ0v) is 18.3. The molecule has 2 fully saturated rings. The molecule has 2 aliphatic heterocycles. The third-order valence-electron chi connectivity index (χ3n) is 6.00. The van der Waals surface area contributed by atoms with Crippen molar-refractivity contribution in [3.63, 3.8) is 0 Å². The van der Waals surface area contributed by atoms with Crippen LogP contribution in [0, 0.1) is 0 Å². The van der Waals surface area contributed by atoms with Crippen LogP contribution in [0.1, 0.15) is 26.7 Å². The first-order valence-corrected chi connectivity index (χ1v) is 12.3. The minimum absolute atomic E-state index is 0.0675. The van der Waals surface area contributed by atoms with Crippen LogP contribution in [0.3, 0.4) is 0 Å². The van der Waals surface area contributed by atoms with E-state index in [1.165, 1.54) is 4.90 Å². The molecule has 6 nitrogen and oxygen atoms in total. The average Bonchev–Trinajstić information content (AvgIpc) is 3.01. The lowest BCUT2D eigenvalue weighted by Gasteiger charge is -2.37. The Morgan fingerprint density at radius 2 is 2.07 bits per heavy atom. The molecule has 1 amide bonds. The van der Waals surface area contributed by atoms with Gasteiger partial charge in [0.05, 0.1) is 37.7 Å². The molecule has 28 heavy (non-hydrogen) atoms. The summed E-state index contributed by atoms with van der Waals surface area (Å²) in [7, 11) is -3.01. The molecule has 8 heteroatoms. The molecule has 1 aromatic carbocycles. The maximum absolute atomic E-state index is 13.1. The highest BCUT2D eigenvalue weighted by molar-refractivity contribution is 7.91. The van der Waals surface area contributed by atoms with Crippen molar-refractivity contribution in [3.05, 3.63) is 29.3 Å². The molecule has 2 heterocycles. The molecule has 0 aromatic heterocycles. The predicted octanol–water partition coefficient (Wildman–Crippen LogP) is 0.859. The molecule has 0 radical (unpaired) electrons. The molecule has 1 N–H and O–H groups in total. The molecular formula is C20H31ClN3O3S+. The highest BCUT2D eigenvalue weighted by atomic mass is 35.5. The maximum atomic E-state index is 13.1. The fourth-order valence-corrected chi connectivity index (χ4v) is 6.13. The Labute approximate surface area is 173 Å². The summed E-state index contributed by atoms with van der Waals surface area (Å²) >= 11 is 6.10. The molecule has 2 aliphatic rings. The van der Waals surface area contributed by atoms with Gasteiger partial charge in [0.1, 0.15) is 0 Å². The molecule has 0 saturated carbocycles. The first-order valence-electron chi connectivity index (χ1n) is 10.1. The minimum atomic E-state index is -3.01. The maximum Gasteiger partial charge on any atom is 0.278 e. The third-order valence-corrected chi connectivity index (χ3v) is 7.99. The topological polar surface area (TPSA) is 62.1 Å². The molecule has 1 aromatic rings. The molecule has 3 rings (SSSR count). The number of carbonyl (C=O) groups is 1. The summed E-state index contributed by atoms with van der Waals surface area (Å²) in [5.74, 6) is 0.395. The van der Waals surface area contributed by atoms with E-state index in [0.29, 0.717) is 13.0 Å². The fraction of sp³-hybridized carbons (Fsp3) is 0.650. The minimum Gasteiger partial charge on any atom is -0.360 e. The summed E-state index contributed by atoms with van der Waals surface area (Å²) in [5, 5.41) is 0.734. The summed E-state index contributed by atoms with van der Waals surface area (Å²) in [4.78, 5) is 18.5. The molecular weight excluding hydrogens is 398 g/mol. The Morgan fingerprint density at radius 3 is 2.64 bits per heavy atom. The van der Waals surface area contributed by atoms with Crippen LogP contribution in [0.4, 0.5) is 5.69 Å². The zero-order chi connectivity index (χ0) is 20.3. The van der Waals surface area contributed by atoms with Crippen LogP contribution < -0.4 is 9.80 Å². The number of nitrogens with one attached hydrogen (secondary N) is 1. The van der Waals surface area contributed by atoms with Crippen LogP contribution in [0.2, 0.25) is 5.02 Å². The van der Waals surface area contributed by atoms with Gasteiger partial charge in [-0.25, -0.2) is 8.42 Å². The number of rotatable bonds is 6. The van der Waals surface area contributed by atoms with E-state index in [1.54, 1.807) is 0 Å². The lowest BCUT2D eigenvalue weighted by molar-refractivity contribution is -0.892. The lowest BCUT2D eigenvalue weighted by atomic mass is 10.1. The first-order chi connectivity index (χ1) is 13.3. The number of quaternary nitrogens is 1. The highest BCUT2D eigenvalue weighted by Crippen LogP contribution is 2.21. The number of hydrogen-bond acceptors (Lipinski definition) is 4. The van der Waals surface area contributed by atoms with Gasteiger partial charge in [0.2, 0.25) is 0 Å². The second-order valence-electron chi connectivity index (χ2n) is 8.01. The van der Waals surface area contributed by atoms with E-state index >= 15 is 0 Å². The van der Waals surface area contributed by atoms with Crippen molar-refractivity contribution in [1.29, 1.82) is 0 Å². The number of benzene rings is 1. The number of amides is 1. The summed E-state index contributed by atoms with van der Waals surface area (Å²) in [6.45, 7) is 8.03. The number of piperazine rings is 1. The molecule has 0 aliphatic carbocycles. The molecule has 0 bridgehead atoms. The van der Waals surface area contributed by atoms with E-state index < -0.39 is 9.84 Å². The van der Waals surface area contributed by atoms with Crippen molar-refractivity contribution in [2.75, 3.05) is 49.1 Å². The molecule has 156 valence electrons. The van der Waals surface area contributed by atoms with Crippen molar-refractivity contribution in [1.82, 2.24) is 4.90 Å². The van der Waals surface area contributed by atoms with Crippen molar-refractivity contribution in [2.24, 2.45) is 0 Å². The van der Waals surface area contributed by atoms with E-state index in [9.17, 15) is 13.2 Å². The first kappa shape index (κ1) is 21.4. The van der Waals surface area contributed by atoms with Gasteiger partial charge in [-0.15, -0.1) is 0 Å². The number of nitrogens with zero attached hydrogens (tertiary/aromatic N) is 2. The highest BCUT2D eigenvalue weighted by Gasteiger charge is 2.37. The normalized spacial score (nSPS) is 23.5. The average molecular weight is 429 g/mol. The van der Waals surface area contributed by atoms with Crippen molar-refractivity contribution >= 4 is 33.0 Å². The van der Waals surface area contributed by atoms with Gasteiger partial charge in [0.15, 0.2) is 16.4 Å². The second-order valence-corrected chi connectivity index (χ2v) is 10.7. The van der Waals surface area contributed by atoms with E-state index in [-0.39, 0.29) is 29.5 Å². The molecule has 0 spiro atoms. The Morgan fingerprint density at radius 1 is 1.36 bits per heavy atom. The summed E-state index contributed by atoms with van der Waals surface area (Å²) in [6, 6.07) is 7.77. The van der Waals surface area contributed by atoms with Gasteiger partial charge in [-0.05, 0) is 38.0 Å². The van der Waals surface area contributed by atoms with Crippen LogP contribution in [-0.4, -0.2) is 75.5 Å². The van der Waals surface area contributed by atoms with Crippen molar-refractivity contribution < 1.29 is 18.1 Å². The lowest BCUT2D eigenvalue weighted by Crippen LogP contribution is -3.16. The van der Waals surface area contributed by atoms with Crippen LogP contribution in [0.25, 0.3) is 0 Å². The van der Waals surface area contributed by atoms with Crippen LogP contribution >= 0.6 is 11.6 Å². The van der Waals surface area contributed by atoms with Gasteiger partial charge in [0, 0.05) is 22.8 Å². The number of sulfone groups is 1. The van der Waals surface area contributed by atoms with Gasteiger partial charge < -0.3 is 14.7 Å². The Balaban J connectivity index is 1.58. The van der Waals surface area contributed by atoms with Gasteiger partial charge >= 0.3 is 0 Å². The van der Waals surface area contributed by atoms with E-state index in [2.05, 4.69) is 11.0 Å². The quantitative estimate of drug-likeness (QED) is 0.730. The van der Waals surface area contributed by atoms with Crippen LogP contribution in [-0.2, 0) is 14.6 Å². The van der Waals surface area contributed by atoms with E-state index in [0.717, 1.165) is 43.3 Å². The summed E-state index contributed by atoms with van der Waals surface area (Å²) in [6.07, 6.45) is 1.40. The molecule has 0 unspecified atom stereocenters. The SMILES string of the molecule is CC[C@H](C)N(C(=O)C[NH+]1CCN(c2cccc(Cl)c2)CC1)[C@@H]1CCS(=O)(=O)C1. The van der Waals surface area contributed by atoms with Gasteiger partial charge in [-0.2, -0.15) is 0 Å². The van der Waals surface area contributed by atoms with E-state index in [4.69, 9.17) is 11.6 Å². The number of anilines is 1. The number of carbonyl (C=O) groups excluding carboxylic acids is 1. The Hall–Kier alpha value is -1.31. The van der Waals surface area contributed by atoms with Crippen LogP contribution in [0.5, 0.6) is 0 Å². The van der Waals surface area contributed by atoms with Crippen LogP contribution in [0.15, 0.2) is 24.3 Å². The number of halogens is 1. The zero-order valence-electron chi connectivity index (χ0n) is 16.7. The molecule has 2 saturated heterocycles. The monoisotopic (exact) mass is 428 g/mol.